The topological polar surface area (TPSA) is 84.2 Å². The van der Waals surface area contributed by atoms with Gasteiger partial charge < -0.3 is 16.4 Å². The maximum absolute atomic E-state index is 12.9. The second-order valence-electron chi connectivity index (χ2n) is 10.4. The first-order chi connectivity index (χ1) is 11.4. The number of rotatable bonds is 10. The Morgan fingerprint density at radius 1 is 0.923 bits per heavy atom. The van der Waals surface area contributed by atoms with Crippen molar-refractivity contribution in [2.24, 2.45) is 28.4 Å². The van der Waals surface area contributed by atoms with Crippen LogP contribution in [0.2, 0.25) is 0 Å². The number of hydrogen-bond acceptors (Lipinski definition) is 4. The van der Waals surface area contributed by atoms with Crippen LogP contribution < -0.4 is 16.4 Å². The smallest absolute Gasteiger partial charge is 0.227 e. The lowest BCUT2D eigenvalue weighted by Crippen LogP contribution is -2.59. The van der Waals surface area contributed by atoms with Gasteiger partial charge in [-0.05, 0) is 46.6 Å². The van der Waals surface area contributed by atoms with Gasteiger partial charge in [-0.25, -0.2) is 0 Å². The molecular formula is C21H43N3O2. The number of carbonyl (C=O) groups excluding carboxylic acids is 2. The molecule has 154 valence electrons. The number of carbonyl (C=O) groups is 2. The fourth-order valence-corrected chi connectivity index (χ4v) is 3.62. The first-order valence-electron chi connectivity index (χ1n) is 9.73. The number of nitrogens with one attached hydrogen (secondary N) is 2. The van der Waals surface area contributed by atoms with Crippen LogP contribution in [0.4, 0.5) is 0 Å². The third kappa shape index (κ3) is 6.99. The first kappa shape index (κ1) is 25.1. The van der Waals surface area contributed by atoms with E-state index in [-0.39, 0.29) is 23.1 Å². The zero-order valence-corrected chi connectivity index (χ0v) is 19.0. The summed E-state index contributed by atoms with van der Waals surface area (Å²) in [5.74, 6) is 0.329. The number of ketones is 1. The molecule has 0 radical (unpaired) electrons. The van der Waals surface area contributed by atoms with Crippen LogP contribution >= 0.6 is 0 Å². The standard InChI is InChI=1S/C21H43N3O2/c1-14(2)16(25)19(6,7)13-21(10,22)24-17(26)18(4,5)12-15(3)20(8,9)23-11/h14-15,23H,12-13,22H2,1-11H3,(H,24,26). The summed E-state index contributed by atoms with van der Waals surface area (Å²) < 4.78 is 0. The summed E-state index contributed by atoms with van der Waals surface area (Å²) >= 11 is 0. The molecule has 0 spiro atoms. The van der Waals surface area contributed by atoms with Crippen LogP contribution in [0.15, 0.2) is 0 Å². The summed E-state index contributed by atoms with van der Waals surface area (Å²) in [5, 5.41) is 6.30. The van der Waals surface area contributed by atoms with E-state index in [9.17, 15) is 9.59 Å². The molecule has 0 bridgehead atoms. The lowest BCUT2D eigenvalue weighted by Gasteiger charge is -2.40. The van der Waals surface area contributed by atoms with Crippen molar-refractivity contribution in [1.82, 2.24) is 10.6 Å². The molecule has 0 saturated heterocycles. The van der Waals surface area contributed by atoms with Crippen molar-refractivity contribution in [3.63, 3.8) is 0 Å². The number of nitrogens with two attached hydrogens (primary N) is 1. The summed E-state index contributed by atoms with van der Waals surface area (Å²) in [6.07, 6.45) is 1.13. The molecule has 0 aromatic carbocycles. The van der Waals surface area contributed by atoms with Gasteiger partial charge in [0.1, 0.15) is 5.78 Å². The Bertz CT molecular complexity index is 505. The van der Waals surface area contributed by atoms with Gasteiger partial charge in [-0.15, -0.1) is 0 Å². The predicted molar refractivity (Wildman–Crippen MR) is 110 cm³/mol. The van der Waals surface area contributed by atoms with E-state index in [1.807, 2.05) is 48.6 Å². The minimum absolute atomic E-state index is 0.0578. The van der Waals surface area contributed by atoms with Crippen molar-refractivity contribution in [2.75, 3.05) is 7.05 Å². The first-order valence-corrected chi connectivity index (χ1v) is 9.73. The highest BCUT2D eigenvalue weighted by molar-refractivity contribution is 5.86. The van der Waals surface area contributed by atoms with Crippen LogP contribution in [0.1, 0.15) is 82.1 Å². The van der Waals surface area contributed by atoms with Crippen molar-refractivity contribution < 1.29 is 9.59 Å². The summed E-state index contributed by atoms with van der Waals surface area (Å²) in [5.41, 5.74) is 4.24. The minimum Gasteiger partial charge on any atom is -0.338 e. The average Bonchev–Trinajstić information content (AvgIpc) is 2.43. The molecule has 2 atom stereocenters. The summed E-state index contributed by atoms with van der Waals surface area (Å²) in [6, 6.07) is 0. The molecule has 0 aromatic rings. The minimum atomic E-state index is -0.940. The summed E-state index contributed by atoms with van der Waals surface area (Å²) in [7, 11) is 1.94. The van der Waals surface area contributed by atoms with E-state index in [0.29, 0.717) is 12.3 Å². The Morgan fingerprint density at radius 2 is 1.38 bits per heavy atom. The molecule has 0 aliphatic carbocycles. The molecule has 0 rings (SSSR count). The second-order valence-corrected chi connectivity index (χ2v) is 10.4. The highest BCUT2D eigenvalue weighted by Gasteiger charge is 2.40. The van der Waals surface area contributed by atoms with E-state index >= 15 is 0 Å². The predicted octanol–water partition coefficient (Wildman–Crippen LogP) is 3.47. The molecule has 0 aliphatic heterocycles. The fourth-order valence-electron chi connectivity index (χ4n) is 3.62. The van der Waals surface area contributed by atoms with Gasteiger partial charge >= 0.3 is 0 Å². The quantitative estimate of drug-likeness (QED) is 0.515. The van der Waals surface area contributed by atoms with Crippen LogP contribution in [0, 0.1) is 22.7 Å². The van der Waals surface area contributed by atoms with Crippen LogP contribution in [0.25, 0.3) is 0 Å². The summed E-state index contributed by atoms with van der Waals surface area (Å²) in [4.78, 5) is 25.4. The van der Waals surface area contributed by atoms with E-state index in [1.54, 1.807) is 6.92 Å². The molecule has 4 N–H and O–H groups in total. The normalized spacial score (nSPS) is 17.0. The number of Topliss-reactive ketones (excluding diaryl/α,β-unsaturated/α-hetero) is 1. The van der Waals surface area contributed by atoms with Gasteiger partial charge in [0.2, 0.25) is 5.91 Å². The molecule has 26 heavy (non-hydrogen) atoms. The van der Waals surface area contributed by atoms with Crippen LogP contribution in [0.3, 0.4) is 0 Å². The van der Waals surface area contributed by atoms with Crippen LogP contribution in [-0.4, -0.2) is 29.9 Å². The van der Waals surface area contributed by atoms with Gasteiger partial charge in [-0.3, -0.25) is 9.59 Å². The summed E-state index contributed by atoms with van der Waals surface area (Å²) in [6.45, 7) is 19.7. The van der Waals surface area contributed by atoms with Gasteiger partial charge in [-0.2, -0.15) is 0 Å². The molecule has 1 amide bonds. The van der Waals surface area contributed by atoms with Crippen LogP contribution in [0.5, 0.6) is 0 Å². The molecule has 0 aliphatic rings. The molecule has 0 fully saturated rings. The number of hydrogen-bond donors (Lipinski definition) is 3. The molecule has 0 saturated carbocycles. The maximum Gasteiger partial charge on any atom is 0.227 e. The van der Waals surface area contributed by atoms with Gasteiger partial charge in [0.25, 0.3) is 0 Å². The van der Waals surface area contributed by atoms with Crippen molar-refractivity contribution in [1.29, 1.82) is 0 Å². The third-order valence-electron chi connectivity index (χ3n) is 5.71. The zero-order valence-electron chi connectivity index (χ0n) is 19.0. The van der Waals surface area contributed by atoms with Gasteiger partial charge in [-0.1, -0.05) is 48.5 Å². The van der Waals surface area contributed by atoms with Crippen molar-refractivity contribution >= 4 is 11.7 Å². The van der Waals surface area contributed by atoms with E-state index in [1.165, 1.54) is 0 Å². The Balaban J connectivity index is 5.14. The van der Waals surface area contributed by atoms with Crippen molar-refractivity contribution in [3.8, 4) is 0 Å². The molecule has 2 unspecified atom stereocenters. The van der Waals surface area contributed by atoms with Gasteiger partial charge in [0, 0.05) is 22.3 Å². The third-order valence-corrected chi connectivity index (χ3v) is 5.71. The highest BCUT2D eigenvalue weighted by Crippen LogP contribution is 2.33. The molecule has 0 heterocycles. The highest BCUT2D eigenvalue weighted by atomic mass is 16.2. The molecule has 0 aromatic heterocycles. The van der Waals surface area contributed by atoms with E-state index in [0.717, 1.165) is 6.42 Å². The lowest BCUT2D eigenvalue weighted by molar-refractivity contribution is -0.135. The lowest BCUT2D eigenvalue weighted by atomic mass is 9.74. The molecule has 5 heteroatoms. The van der Waals surface area contributed by atoms with Crippen molar-refractivity contribution in [3.05, 3.63) is 0 Å². The molecule has 5 nitrogen and oxygen atoms in total. The van der Waals surface area contributed by atoms with Gasteiger partial charge in [0.05, 0.1) is 5.66 Å². The Morgan fingerprint density at radius 3 is 1.77 bits per heavy atom. The number of amides is 1. The van der Waals surface area contributed by atoms with Crippen molar-refractivity contribution in [2.45, 2.75) is 93.3 Å². The van der Waals surface area contributed by atoms with Gasteiger partial charge in [0.15, 0.2) is 0 Å². The Kier molecular flexibility index (Phi) is 8.08. The molecular weight excluding hydrogens is 326 g/mol. The van der Waals surface area contributed by atoms with Crippen LogP contribution in [-0.2, 0) is 9.59 Å². The van der Waals surface area contributed by atoms with E-state index in [4.69, 9.17) is 5.73 Å². The monoisotopic (exact) mass is 369 g/mol. The van der Waals surface area contributed by atoms with E-state index < -0.39 is 16.5 Å². The fraction of sp³-hybridized carbons (Fsp3) is 0.905. The zero-order chi connectivity index (χ0) is 21.1. The average molecular weight is 370 g/mol. The van der Waals surface area contributed by atoms with E-state index in [2.05, 4.69) is 31.4 Å². The SMILES string of the molecule is CNC(C)(C)C(C)CC(C)(C)C(=O)NC(C)(N)CC(C)(C)C(=O)C(C)C. The maximum atomic E-state index is 12.9. The Labute approximate surface area is 161 Å². The largest absolute Gasteiger partial charge is 0.338 e. The second kappa shape index (κ2) is 8.39. The Hall–Kier alpha value is -0.940.